The van der Waals surface area contributed by atoms with E-state index >= 15 is 0 Å². The van der Waals surface area contributed by atoms with Crippen LogP contribution in [0, 0.1) is 5.92 Å². The van der Waals surface area contributed by atoms with Gasteiger partial charge in [0.05, 0.1) is 6.04 Å². The van der Waals surface area contributed by atoms with E-state index in [1.807, 2.05) is 7.05 Å². The lowest BCUT2D eigenvalue weighted by Crippen LogP contribution is -2.48. The summed E-state index contributed by atoms with van der Waals surface area (Å²) in [7, 11) is 1.90. The lowest BCUT2D eigenvalue weighted by Gasteiger charge is -2.33. The van der Waals surface area contributed by atoms with Crippen LogP contribution >= 0.6 is 0 Å². The molecule has 1 fully saturated rings. The third-order valence-corrected chi connectivity index (χ3v) is 6.29. The topological polar surface area (TPSA) is 32.3 Å². The van der Waals surface area contributed by atoms with Crippen LogP contribution in [-0.2, 0) is 4.79 Å². The van der Waals surface area contributed by atoms with Gasteiger partial charge < -0.3 is 10.2 Å². The third-order valence-electron chi connectivity index (χ3n) is 6.29. The van der Waals surface area contributed by atoms with E-state index in [0.29, 0.717) is 5.92 Å². The second-order valence-electron chi connectivity index (χ2n) is 8.78. The van der Waals surface area contributed by atoms with E-state index in [4.69, 9.17) is 0 Å². The zero-order valence-electron chi connectivity index (χ0n) is 18.3. The highest BCUT2D eigenvalue weighted by atomic mass is 16.2. The minimum Gasteiger partial charge on any atom is -0.341 e. The number of piperidine rings is 1. The van der Waals surface area contributed by atoms with Gasteiger partial charge in [-0.1, -0.05) is 80.1 Å². The van der Waals surface area contributed by atoms with E-state index in [2.05, 4.69) is 84.7 Å². The van der Waals surface area contributed by atoms with E-state index in [9.17, 15) is 4.79 Å². The molecule has 2 aromatic rings. The fourth-order valence-electron chi connectivity index (χ4n) is 4.73. The van der Waals surface area contributed by atoms with Crippen LogP contribution in [0.4, 0.5) is 0 Å². The van der Waals surface area contributed by atoms with E-state index in [1.54, 1.807) is 0 Å². The van der Waals surface area contributed by atoms with E-state index in [1.165, 1.54) is 33.4 Å². The monoisotopic (exact) mass is 400 g/mol. The molecule has 4 rings (SSSR count). The first-order valence-electron chi connectivity index (χ1n) is 11.1. The lowest BCUT2D eigenvalue weighted by atomic mass is 9.86. The van der Waals surface area contributed by atoms with Crippen LogP contribution in [0.2, 0.25) is 0 Å². The molecule has 1 atom stereocenters. The number of amides is 1. The van der Waals surface area contributed by atoms with Gasteiger partial charge in [0.15, 0.2) is 0 Å². The first-order chi connectivity index (χ1) is 14.6. The molecule has 3 nitrogen and oxygen atoms in total. The maximum absolute atomic E-state index is 13.0. The first-order valence-corrected chi connectivity index (χ1v) is 11.1. The smallest absolute Gasteiger partial charge is 0.239 e. The molecule has 1 N–H and O–H groups in total. The summed E-state index contributed by atoms with van der Waals surface area (Å²) >= 11 is 0. The summed E-state index contributed by atoms with van der Waals surface area (Å²) in [4.78, 5) is 15.1. The number of hydrogen-bond donors (Lipinski definition) is 1. The molecule has 0 aromatic heterocycles. The highest BCUT2D eigenvalue weighted by Gasteiger charge is 2.28. The summed E-state index contributed by atoms with van der Waals surface area (Å²) in [6, 6.07) is 17.3. The van der Waals surface area contributed by atoms with Crippen LogP contribution in [0.5, 0.6) is 0 Å². The van der Waals surface area contributed by atoms with E-state index in [-0.39, 0.29) is 11.9 Å². The van der Waals surface area contributed by atoms with Crippen LogP contribution in [0.15, 0.2) is 54.1 Å². The number of nitrogens with zero attached hydrogens (tertiary/aromatic N) is 1. The van der Waals surface area contributed by atoms with Crippen LogP contribution < -0.4 is 5.32 Å². The number of carbonyl (C=O) groups excluding carboxylic acids is 1. The highest BCUT2D eigenvalue weighted by Crippen LogP contribution is 2.38. The van der Waals surface area contributed by atoms with Crippen molar-refractivity contribution < 1.29 is 4.79 Å². The Hall–Kier alpha value is -2.65. The fraction of sp³-hybridized carbons (Fsp3) is 0.370. The molecule has 0 spiro atoms. The molecular weight excluding hydrogens is 368 g/mol. The lowest BCUT2D eigenvalue weighted by molar-refractivity contribution is -0.134. The summed E-state index contributed by atoms with van der Waals surface area (Å²) < 4.78 is 0. The largest absolute Gasteiger partial charge is 0.341 e. The standard InChI is InChI=1S/C27H32N2O/c1-19(2)18-25(28-3)27(30)29-16-14-22(15-17-29)26-23-10-6-4-8-20(23)12-13-21-9-5-7-11-24(21)26/h4-13,19,25,28H,14-18H2,1-3H3/t25-/m0/s1. The van der Waals surface area contributed by atoms with Gasteiger partial charge in [-0.25, -0.2) is 0 Å². The second-order valence-corrected chi connectivity index (χ2v) is 8.78. The molecule has 1 saturated heterocycles. The molecule has 0 saturated carbocycles. The molecular formula is C27H32N2O. The summed E-state index contributed by atoms with van der Waals surface area (Å²) in [5.74, 6) is 0.749. The molecule has 0 radical (unpaired) electrons. The molecule has 3 heteroatoms. The zero-order valence-corrected chi connectivity index (χ0v) is 18.3. The van der Waals surface area contributed by atoms with Gasteiger partial charge in [0.1, 0.15) is 0 Å². The van der Waals surface area contributed by atoms with Gasteiger partial charge in [0, 0.05) is 13.1 Å². The molecule has 1 aliphatic carbocycles. The molecule has 2 aromatic carbocycles. The molecule has 1 heterocycles. The number of hydrogen-bond acceptors (Lipinski definition) is 2. The Morgan fingerprint density at radius 3 is 1.97 bits per heavy atom. The van der Waals surface area contributed by atoms with Crippen LogP contribution in [0.3, 0.4) is 0 Å². The van der Waals surface area contributed by atoms with Crippen molar-refractivity contribution in [2.45, 2.75) is 39.2 Å². The van der Waals surface area contributed by atoms with Gasteiger partial charge in [0.25, 0.3) is 0 Å². The van der Waals surface area contributed by atoms with Crippen LogP contribution in [-0.4, -0.2) is 37.0 Å². The number of likely N-dealkylation sites (tertiary alicyclic amines) is 1. The Morgan fingerprint density at radius 1 is 0.933 bits per heavy atom. The van der Waals surface area contributed by atoms with Crippen molar-refractivity contribution in [1.82, 2.24) is 10.2 Å². The number of carbonyl (C=O) groups is 1. The molecule has 1 aliphatic heterocycles. The molecule has 1 amide bonds. The van der Waals surface area contributed by atoms with Gasteiger partial charge >= 0.3 is 0 Å². The van der Waals surface area contributed by atoms with Crippen LogP contribution in [0.1, 0.15) is 55.4 Å². The minimum atomic E-state index is -0.0808. The predicted octanol–water partition coefficient (Wildman–Crippen LogP) is 5.23. The molecule has 2 aliphatic rings. The van der Waals surface area contributed by atoms with Crippen molar-refractivity contribution in [2.24, 2.45) is 5.92 Å². The van der Waals surface area contributed by atoms with Crippen molar-refractivity contribution in [1.29, 1.82) is 0 Å². The summed E-state index contributed by atoms with van der Waals surface area (Å²) in [5, 5.41) is 3.23. The number of benzene rings is 2. The van der Waals surface area contributed by atoms with Gasteiger partial charge in [-0.15, -0.1) is 0 Å². The Labute approximate surface area is 180 Å². The molecule has 0 bridgehead atoms. The normalized spacial score (nSPS) is 16.9. The SMILES string of the molecule is CN[C@@H](CC(C)C)C(=O)N1CCC(=C2c3ccccc3C=Cc3ccccc32)CC1. The molecule has 0 unspecified atom stereocenters. The Balaban J connectivity index is 1.64. The van der Waals surface area contributed by atoms with Gasteiger partial charge in [0.2, 0.25) is 5.91 Å². The first kappa shape index (κ1) is 20.6. The average molecular weight is 401 g/mol. The van der Waals surface area contributed by atoms with Crippen molar-refractivity contribution >= 4 is 23.6 Å². The summed E-state index contributed by atoms with van der Waals surface area (Å²) in [6.07, 6.45) is 7.20. The maximum atomic E-state index is 13.0. The highest BCUT2D eigenvalue weighted by molar-refractivity contribution is 5.95. The Bertz CT molecular complexity index is 924. The third kappa shape index (κ3) is 4.13. The number of nitrogens with one attached hydrogen (secondary N) is 1. The van der Waals surface area contributed by atoms with E-state index in [0.717, 1.165) is 32.4 Å². The zero-order chi connectivity index (χ0) is 21.1. The van der Waals surface area contributed by atoms with Crippen molar-refractivity contribution in [3.63, 3.8) is 0 Å². The summed E-state index contributed by atoms with van der Waals surface area (Å²) in [6.45, 7) is 5.94. The number of fused-ring (bicyclic) bond motifs is 2. The number of rotatable bonds is 4. The Kier molecular flexibility index (Phi) is 6.19. The summed E-state index contributed by atoms with van der Waals surface area (Å²) in [5.41, 5.74) is 7.98. The van der Waals surface area contributed by atoms with Gasteiger partial charge in [-0.3, -0.25) is 4.79 Å². The van der Waals surface area contributed by atoms with Crippen molar-refractivity contribution in [3.05, 3.63) is 76.4 Å². The van der Waals surface area contributed by atoms with E-state index < -0.39 is 0 Å². The molecule has 30 heavy (non-hydrogen) atoms. The number of likely N-dealkylation sites (N-methyl/N-ethyl adjacent to an activating group) is 1. The molecule has 156 valence electrons. The fourth-order valence-corrected chi connectivity index (χ4v) is 4.73. The van der Waals surface area contributed by atoms with Crippen LogP contribution in [0.25, 0.3) is 17.7 Å². The predicted molar refractivity (Wildman–Crippen MR) is 126 cm³/mol. The maximum Gasteiger partial charge on any atom is 0.239 e. The van der Waals surface area contributed by atoms with Crippen molar-refractivity contribution in [2.75, 3.05) is 20.1 Å². The second kappa shape index (κ2) is 9.01. The average Bonchev–Trinajstić information content (AvgIpc) is 2.94. The minimum absolute atomic E-state index is 0.0808. The van der Waals surface area contributed by atoms with Gasteiger partial charge in [-0.05, 0) is 60.1 Å². The Morgan fingerprint density at radius 2 is 1.47 bits per heavy atom. The quantitative estimate of drug-likeness (QED) is 0.650. The van der Waals surface area contributed by atoms with Crippen molar-refractivity contribution in [3.8, 4) is 0 Å². The van der Waals surface area contributed by atoms with Gasteiger partial charge in [-0.2, -0.15) is 0 Å².